The van der Waals surface area contributed by atoms with Gasteiger partial charge in [-0.2, -0.15) is 5.10 Å². The van der Waals surface area contributed by atoms with E-state index in [0.29, 0.717) is 16.4 Å². The molecule has 0 spiro atoms. The van der Waals surface area contributed by atoms with Gasteiger partial charge in [0.05, 0.1) is 23.3 Å². The molecular formula is C20H21ClN4O2S. The third kappa shape index (κ3) is 3.53. The van der Waals surface area contributed by atoms with E-state index in [1.165, 1.54) is 6.20 Å². The van der Waals surface area contributed by atoms with E-state index in [1.807, 2.05) is 18.2 Å². The summed E-state index contributed by atoms with van der Waals surface area (Å²) in [5.41, 5.74) is 4.15. The van der Waals surface area contributed by atoms with Crippen LogP contribution in [-0.2, 0) is 23.0 Å². The van der Waals surface area contributed by atoms with Crippen molar-refractivity contribution in [3.63, 3.8) is 0 Å². The molecule has 0 unspecified atom stereocenters. The summed E-state index contributed by atoms with van der Waals surface area (Å²) in [4.78, 5) is 2.38. The number of hydrogen-bond donors (Lipinski definition) is 1. The molecular weight excluding hydrogens is 396 g/mol. The lowest BCUT2D eigenvalue weighted by Gasteiger charge is -2.26. The Morgan fingerprint density at radius 1 is 1.14 bits per heavy atom. The van der Waals surface area contributed by atoms with Crippen LogP contribution >= 0.6 is 11.6 Å². The number of halogens is 1. The maximum Gasteiger partial charge on any atom is 0.265 e. The Kier molecular flexibility index (Phi) is 4.91. The SMILES string of the molecule is Cc1c(S(=O)(=O)Nc2cccc3c2CCN(C)C3)cnn1-c1ccc(Cl)cc1. The van der Waals surface area contributed by atoms with Gasteiger partial charge in [0.25, 0.3) is 10.0 Å². The van der Waals surface area contributed by atoms with Crippen LogP contribution in [0.25, 0.3) is 5.69 Å². The van der Waals surface area contributed by atoms with Crippen LogP contribution in [0.2, 0.25) is 5.02 Å². The number of likely N-dealkylation sites (N-methyl/N-ethyl adjacent to an activating group) is 1. The lowest BCUT2D eigenvalue weighted by Crippen LogP contribution is -2.27. The molecule has 0 saturated carbocycles. The van der Waals surface area contributed by atoms with Gasteiger partial charge in [-0.05, 0) is 61.9 Å². The van der Waals surface area contributed by atoms with Crippen molar-refractivity contribution in [3.8, 4) is 5.69 Å². The molecule has 1 aliphatic heterocycles. The van der Waals surface area contributed by atoms with Crippen LogP contribution in [0.1, 0.15) is 16.8 Å². The summed E-state index contributed by atoms with van der Waals surface area (Å²) in [5.74, 6) is 0. The van der Waals surface area contributed by atoms with E-state index in [1.54, 1.807) is 35.9 Å². The average molecular weight is 417 g/mol. The Labute approximate surface area is 169 Å². The summed E-state index contributed by atoms with van der Waals surface area (Å²) in [6, 6.07) is 12.9. The number of anilines is 1. The molecule has 8 heteroatoms. The van der Waals surface area contributed by atoms with Gasteiger partial charge in [-0.25, -0.2) is 13.1 Å². The number of hydrogen-bond acceptors (Lipinski definition) is 4. The number of benzene rings is 2. The van der Waals surface area contributed by atoms with Crippen LogP contribution in [0.4, 0.5) is 5.69 Å². The molecule has 0 amide bonds. The maximum atomic E-state index is 13.1. The van der Waals surface area contributed by atoms with Gasteiger partial charge in [-0.15, -0.1) is 0 Å². The van der Waals surface area contributed by atoms with Crippen LogP contribution in [0.3, 0.4) is 0 Å². The number of aromatic nitrogens is 2. The fourth-order valence-corrected chi connectivity index (χ4v) is 4.92. The largest absolute Gasteiger partial charge is 0.302 e. The molecule has 0 aliphatic carbocycles. The van der Waals surface area contributed by atoms with E-state index in [2.05, 4.69) is 21.8 Å². The van der Waals surface area contributed by atoms with Crippen LogP contribution in [0.15, 0.2) is 53.6 Å². The lowest BCUT2D eigenvalue weighted by molar-refractivity contribution is 0.313. The normalized spacial score (nSPS) is 14.7. The summed E-state index contributed by atoms with van der Waals surface area (Å²) >= 11 is 5.94. The number of nitrogens with one attached hydrogen (secondary N) is 1. The highest BCUT2D eigenvalue weighted by Gasteiger charge is 2.24. The summed E-state index contributed by atoms with van der Waals surface area (Å²) in [7, 11) is -1.70. The van der Waals surface area contributed by atoms with Crippen molar-refractivity contribution in [1.82, 2.24) is 14.7 Å². The first-order valence-corrected chi connectivity index (χ1v) is 10.8. The summed E-state index contributed by atoms with van der Waals surface area (Å²) < 4.78 is 30.5. The minimum atomic E-state index is -3.76. The Morgan fingerprint density at radius 2 is 1.89 bits per heavy atom. The first kappa shape index (κ1) is 19.0. The van der Waals surface area contributed by atoms with Crippen LogP contribution < -0.4 is 4.72 Å². The Bertz CT molecular complexity index is 1120. The smallest absolute Gasteiger partial charge is 0.265 e. The van der Waals surface area contributed by atoms with E-state index in [-0.39, 0.29) is 4.90 Å². The van der Waals surface area contributed by atoms with Gasteiger partial charge in [0.15, 0.2) is 0 Å². The zero-order chi connectivity index (χ0) is 19.9. The highest BCUT2D eigenvalue weighted by atomic mass is 35.5. The fourth-order valence-electron chi connectivity index (χ4n) is 3.55. The first-order valence-electron chi connectivity index (χ1n) is 8.98. The molecule has 0 bridgehead atoms. The van der Waals surface area contributed by atoms with Gasteiger partial charge in [-0.3, -0.25) is 4.72 Å². The van der Waals surface area contributed by atoms with Gasteiger partial charge < -0.3 is 4.90 Å². The highest BCUT2D eigenvalue weighted by Crippen LogP contribution is 2.28. The van der Waals surface area contributed by atoms with Crippen LogP contribution in [-0.4, -0.2) is 36.7 Å². The molecule has 0 atom stereocenters. The second-order valence-electron chi connectivity index (χ2n) is 7.02. The second kappa shape index (κ2) is 7.24. The molecule has 1 N–H and O–H groups in total. The first-order chi connectivity index (χ1) is 13.3. The quantitative estimate of drug-likeness (QED) is 0.705. The van der Waals surface area contributed by atoms with E-state index >= 15 is 0 Å². The minimum Gasteiger partial charge on any atom is -0.302 e. The minimum absolute atomic E-state index is 0.160. The molecule has 0 radical (unpaired) electrons. The monoisotopic (exact) mass is 416 g/mol. The van der Waals surface area contributed by atoms with Crippen molar-refractivity contribution in [2.45, 2.75) is 24.8 Å². The number of rotatable bonds is 4. The second-order valence-corrected chi connectivity index (χ2v) is 9.11. The van der Waals surface area contributed by atoms with Gasteiger partial charge in [0.1, 0.15) is 4.90 Å². The number of fused-ring (bicyclic) bond motifs is 1. The molecule has 28 heavy (non-hydrogen) atoms. The predicted octanol–water partition coefficient (Wildman–Crippen LogP) is 3.62. The fraction of sp³-hybridized carbons (Fsp3) is 0.250. The zero-order valence-electron chi connectivity index (χ0n) is 15.7. The molecule has 3 aromatic rings. The van der Waals surface area contributed by atoms with E-state index in [9.17, 15) is 8.42 Å². The van der Waals surface area contributed by atoms with Gasteiger partial charge in [-0.1, -0.05) is 23.7 Å². The van der Waals surface area contributed by atoms with E-state index in [0.717, 1.165) is 36.3 Å². The van der Waals surface area contributed by atoms with E-state index < -0.39 is 10.0 Å². The molecule has 4 rings (SSSR count). The Balaban J connectivity index is 1.67. The third-order valence-corrected chi connectivity index (χ3v) is 6.75. The lowest BCUT2D eigenvalue weighted by atomic mass is 9.98. The van der Waals surface area contributed by atoms with Crippen molar-refractivity contribution in [3.05, 3.63) is 70.5 Å². The molecule has 2 heterocycles. The van der Waals surface area contributed by atoms with Crippen LogP contribution in [0, 0.1) is 6.92 Å². The maximum absolute atomic E-state index is 13.1. The third-order valence-electron chi connectivity index (χ3n) is 5.03. The summed E-state index contributed by atoms with van der Waals surface area (Å²) in [6.45, 7) is 3.46. The topological polar surface area (TPSA) is 67.2 Å². The summed E-state index contributed by atoms with van der Waals surface area (Å²) in [6.07, 6.45) is 2.20. The van der Waals surface area contributed by atoms with E-state index in [4.69, 9.17) is 11.6 Å². The van der Waals surface area contributed by atoms with Crippen molar-refractivity contribution in [2.75, 3.05) is 18.3 Å². The molecule has 0 fully saturated rings. The van der Waals surface area contributed by atoms with Crippen LogP contribution in [0.5, 0.6) is 0 Å². The van der Waals surface area contributed by atoms with Crippen molar-refractivity contribution < 1.29 is 8.42 Å². The number of nitrogens with zero attached hydrogens (tertiary/aromatic N) is 3. The standard InChI is InChI=1S/C20H21ClN4O2S/c1-14-20(12-22-25(14)17-8-6-16(21)7-9-17)28(26,27)23-19-5-3-4-15-13-24(2)11-10-18(15)19/h3-9,12,23H,10-11,13H2,1-2H3. The Morgan fingerprint density at radius 3 is 2.64 bits per heavy atom. The number of sulfonamides is 1. The highest BCUT2D eigenvalue weighted by molar-refractivity contribution is 7.92. The molecule has 6 nitrogen and oxygen atoms in total. The molecule has 0 saturated heterocycles. The van der Waals surface area contributed by atoms with Gasteiger partial charge >= 0.3 is 0 Å². The molecule has 2 aromatic carbocycles. The zero-order valence-corrected chi connectivity index (χ0v) is 17.3. The molecule has 1 aliphatic rings. The van der Waals surface area contributed by atoms with Gasteiger partial charge in [0, 0.05) is 18.1 Å². The molecule has 1 aromatic heterocycles. The van der Waals surface area contributed by atoms with Crippen molar-refractivity contribution >= 4 is 27.3 Å². The Hall–Kier alpha value is -2.35. The van der Waals surface area contributed by atoms with Gasteiger partial charge in [0.2, 0.25) is 0 Å². The van der Waals surface area contributed by atoms with Crippen molar-refractivity contribution in [2.24, 2.45) is 0 Å². The average Bonchev–Trinajstić information content (AvgIpc) is 3.04. The predicted molar refractivity (Wildman–Crippen MR) is 111 cm³/mol. The molecule has 146 valence electrons. The van der Waals surface area contributed by atoms with Crippen molar-refractivity contribution in [1.29, 1.82) is 0 Å². The summed E-state index contributed by atoms with van der Waals surface area (Å²) in [5, 5.41) is 4.88.